The highest BCUT2D eigenvalue weighted by Gasteiger charge is 2.18. The molecule has 2 aromatic heterocycles. The molecular weight excluding hydrogens is 589 g/mol. The first-order valence-electron chi connectivity index (χ1n) is 18.0. The van der Waals surface area contributed by atoms with Crippen LogP contribution in [0.2, 0.25) is 0 Å². The predicted octanol–water partition coefficient (Wildman–Crippen LogP) is 12.8. The fourth-order valence-corrected chi connectivity index (χ4v) is 7.60. The number of rotatable bonds is 6. The molecule has 0 saturated carbocycles. The van der Waals surface area contributed by atoms with Gasteiger partial charge in [0.15, 0.2) is 0 Å². The van der Waals surface area contributed by atoms with Crippen molar-refractivity contribution in [1.82, 2.24) is 4.57 Å². The number of nitrogens with zero attached hydrogens (tertiary/aromatic N) is 2. The smallest absolute Gasteiger partial charge is 0.101 e. The molecule has 9 rings (SSSR count). The first-order valence-corrected chi connectivity index (χ1v) is 16.3. The van der Waals surface area contributed by atoms with Crippen molar-refractivity contribution < 1.29 is 6.85 Å². The van der Waals surface area contributed by atoms with E-state index in [-0.39, 0.29) is 29.7 Å². The Morgan fingerprint density at radius 1 is 0.511 bits per heavy atom. The molecule has 2 heterocycles. The van der Waals surface area contributed by atoms with Crippen molar-refractivity contribution in [2.45, 2.75) is 0 Å². The van der Waals surface area contributed by atoms with Gasteiger partial charge in [-0.2, -0.15) is 0 Å². The van der Waals surface area contributed by atoms with Crippen LogP contribution in [0.5, 0.6) is 0 Å². The van der Waals surface area contributed by atoms with Crippen LogP contribution >= 0.6 is 11.3 Å². The molecule has 222 valence electrons. The second kappa shape index (κ2) is 11.5. The molecule has 0 atom stereocenters. The minimum absolute atomic E-state index is 0.193. The highest BCUT2D eigenvalue weighted by molar-refractivity contribution is 7.19. The third-order valence-electron chi connectivity index (χ3n) is 8.70. The number of aromatic nitrogens is 1. The van der Waals surface area contributed by atoms with Gasteiger partial charge in [0.25, 0.3) is 0 Å². The summed E-state index contributed by atoms with van der Waals surface area (Å²) in [5, 5.41) is 5.93. The van der Waals surface area contributed by atoms with E-state index in [0.717, 1.165) is 38.0 Å². The largest absolute Gasteiger partial charge is 0.309 e. The zero-order chi connectivity index (χ0) is 35.5. The average molecular weight is 624 g/mol. The number of hydrogen-bond acceptors (Lipinski definition) is 2. The third-order valence-corrected chi connectivity index (χ3v) is 9.82. The first-order chi connectivity index (χ1) is 25.4. The van der Waals surface area contributed by atoms with Crippen molar-refractivity contribution in [3.63, 3.8) is 0 Å². The summed E-state index contributed by atoms with van der Waals surface area (Å²) < 4.78 is 43.5. The molecule has 0 fully saturated rings. The first kappa shape index (κ1) is 22.6. The molecule has 0 N–H and O–H groups in total. The highest BCUT2D eigenvalue weighted by atomic mass is 32.1. The number of anilines is 3. The Morgan fingerprint density at radius 2 is 1.21 bits per heavy atom. The molecule has 0 radical (unpaired) electrons. The van der Waals surface area contributed by atoms with E-state index in [4.69, 9.17) is 6.85 Å². The lowest BCUT2D eigenvalue weighted by Crippen LogP contribution is -2.07. The van der Waals surface area contributed by atoms with Gasteiger partial charge in [0.05, 0.1) is 17.9 Å². The number of thiophene rings is 1. The van der Waals surface area contributed by atoms with E-state index in [0.29, 0.717) is 5.56 Å². The van der Waals surface area contributed by atoms with Crippen LogP contribution in [-0.4, -0.2) is 4.57 Å². The minimum Gasteiger partial charge on any atom is -0.309 e. The molecule has 0 aliphatic carbocycles. The standard InChI is InChI=1S/C44H30N2S/c1-4-12-31(13-5-1)32-20-24-37(25-21-32)45(35-15-6-2-7-16-35)43-29-28-42(47-43)34-22-26-39-41(30-34)46(36-17-8-3-9-18-36)40-27-23-33-14-10-11-19-38(33)44(39)40/h1-30H/i1D,4D,5D,12D,13D. The fraction of sp³-hybridized carbons (Fsp3) is 0. The molecule has 0 saturated heterocycles. The van der Waals surface area contributed by atoms with Gasteiger partial charge >= 0.3 is 0 Å². The summed E-state index contributed by atoms with van der Waals surface area (Å²) in [4.78, 5) is 3.31. The van der Waals surface area contributed by atoms with E-state index >= 15 is 0 Å². The number of hydrogen-bond donors (Lipinski definition) is 0. The molecule has 3 heteroatoms. The van der Waals surface area contributed by atoms with Crippen molar-refractivity contribution in [3.8, 4) is 27.3 Å². The maximum absolute atomic E-state index is 8.46. The Morgan fingerprint density at radius 3 is 2.02 bits per heavy atom. The average Bonchev–Trinajstić information content (AvgIpc) is 3.81. The summed E-state index contributed by atoms with van der Waals surface area (Å²) >= 11 is 1.70. The van der Waals surface area contributed by atoms with Crippen LogP contribution in [0.25, 0.3) is 59.8 Å². The monoisotopic (exact) mass is 623 g/mol. The molecule has 0 unspecified atom stereocenters. The van der Waals surface area contributed by atoms with Gasteiger partial charge in [-0.15, -0.1) is 11.3 Å². The Kier molecular flexibility index (Phi) is 5.51. The topological polar surface area (TPSA) is 8.17 Å². The van der Waals surface area contributed by atoms with Gasteiger partial charge in [-0.3, -0.25) is 0 Å². The van der Waals surface area contributed by atoms with Gasteiger partial charge in [0.1, 0.15) is 5.00 Å². The Balaban J connectivity index is 1.16. The van der Waals surface area contributed by atoms with Gasteiger partial charge in [-0.05, 0) is 88.1 Å². The quantitative estimate of drug-likeness (QED) is 0.179. The lowest BCUT2D eigenvalue weighted by atomic mass is 10.0. The molecule has 2 nitrogen and oxygen atoms in total. The van der Waals surface area contributed by atoms with Crippen molar-refractivity contribution in [2.75, 3.05) is 4.90 Å². The number of benzene rings is 7. The van der Waals surface area contributed by atoms with Crippen LogP contribution in [0.1, 0.15) is 6.85 Å². The molecule has 0 amide bonds. The second-order valence-electron chi connectivity index (χ2n) is 11.4. The minimum atomic E-state index is -0.395. The lowest BCUT2D eigenvalue weighted by Gasteiger charge is -2.23. The zero-order valence-electron chi connectivity index (χ0n) is 30.2. The predicted molar refractivity (Wildman–Crippen MR) is 202 cm³/mol. The van der Waals surface area contributed by atoms with Crippen molar-refractivity contribution in [1.29, 1.82) is 0 Å². The summed E-state index contributed by atoms with van der Waals surface area (Å²) in [6.45, 7) is 0. The normalized spacial score (nSPS) is 12.9. The van der Waals surface area contributed by atoms with Gasteiger partial charge in [0, 0.05) is 32.7 Å². The maximum Gasteiger partial charge on any atom is 0.101 e. The van der Waals surface area contributed by atoms with Crippen LogP contribution in [0.4, 0.5) is 16.4 Å². The molecule has 0 bridgehead atoms. The van der Waals surface area contributed by atoms with E-state index in [1.54, 1.807) is 11.3 Å². The lowest BCUT2D eigenvalue weighted by molar-refractivity contribution is 1.18. The molecule has 7 aromatic carbocycles. The van der Waals surface area contributed by atoms with E-state index in [9.17, 15) is 0 Å². The highest BCUT2D eigenvalue weighted by Crippen LogP contribution is 2.44. The van der Waals surface area contributed by atoms with Gasteiger partial charge < -0.3 is 9.47 Å². The Hall–Kier alpha value is -5.90. The Labute approximate surface area is 285 Å². The van der Waals surface area contributed by atoms with Gasteiger partial charge in [-0.1, -0.05) is 121 Å². The van der Waals surface area contributed by atoms with Crippen LogP contribution < -0.4 is 4.90 Å². The molecule has 0 aliphatic heterocycles. The summed E-state index contributed by atoms with van der Waals surface area (Å²) in [5.74, 6) is 0. The van der Waals surface area contributed by atoms with E-state index in [1.165, 1.54) is 27.1 Å². The van der Waals surface area contributed by atoms with E-state index in [1.807, 2.05) is 48.5 Å². The summed E-state index contributed by atoms with van der Waals surface area (Å²) in [6.07, 6.45) is 0. The van der Waals surface area contributed by atoms with Crippen LogP contribution in [0.3, 0.4) is 0 Å². The second-order valence-corrected chi connectivity index (χ2v) is 12.5. The van der Waals surface area contributed by atoms with E-state index in [2.05, 4.69) is 113 Å². The van der Waals surface area contributed by atoms with Crippen LogP contribution in [0, 0.1) is 0 Å². The van der Waals surface area contributed by atoms with Gasteiger partial charge in [0.2, 0.25) is 0 Å². The molecule has 9 aromatic rings. The molecule has 0 aliphatic rings. The van der Waals surface area contributed by atoms with Crippen molar-refractivity contribution in [3.05, 3.63) is 182 Å². The van der Waals surface area contributed by atoms with Crippen molar-refractivity contribution in [2.24, 2.45) is 0 Å². The number of fused-ring (bicyclic) bond motifs is 5. The summed E-state index contributed by atoms with van der Waals surface area (Å²) in [6, 6.07) is 50.8. The maximum atomic E-state index is 8.46. The number of para-hydroxylation sites is 2. The summed E-state index contributed by atoms with van der Waals surface area (Å²) in [5.41, 5.74) is 7.19. The third kappa shape index (κ3) is 4.80. The SMILES string of the molecule is [2H]c1c([2H])c([2H])c(-c2ccc(N(c3ccccc3)c3ccc(-c4ccc5c6c7ccccc7ccc6n(-c6ccccc6)c5c4)s3)cc2)c([2H])c1[2H]. The van der Waals surface area contributed by atoms with Crippen LogP contribution in [0.15, 0.2) is 182 Å². The van der Waals surface area contributed by atoms with Crippen LogP contribution in [-0.2, 0) is 0 Å². The zero-order valence-corrected chi connectivity index (χ0v) is 26.1. The fourth-order valence-electron chi connectivity index (χ4n) is 6.55. The molecule has 0 spiro atoms. The molecule has 47 heavy (non-hydrogen) atoms. The molecular formula is C44H30N2S. The van der Waals surface area contributed by atoms with E-state index < -0.39 is 6.04 Å². The van der Waals surface area contributed by atoms with Crippen molar-refractivity contribution >= 4 is 60.3 Å². The summed E-state index contributed by atoms with van der Waals surface area (Å²) in [7, 11) is 0. The van der Waals surface area contributed by atoms with Gasteiger partial charge in [-0.25, -0.2) is 0 Å². The Bertz CT molecular complexity index is 2760.